The average molecular weight is 625 g/mol. The minimum Gasteiger partial charge on any atom is -0.305 e. The quantitative estimate of drug-likeness (QED) is 0.175. The molecule has 165 valence electrons. The summed E-state index contributed by atoms with van der Waals surface area (Å²) in [6.45, 7) is 1.77. The summed E-state index contributed by atoms with van der Waals surface area (Å²) in [5.41, 5.74) is 2.76. The summed E-state index contributed by atoms with van der Waals surface area (Å²) >= 11 is 1.83. The molecule has 0 unspecified atom stereocenters. The van der Waals surface area contributed by atoms with Crippen LogP contribution in [-0.4, -0.2) is 9.97 Å². The fourth-order valence-corrected chi connectivity index (χ4v) is 4.14. The minimum atomic E-state index is 0. The largest absolute Gasteiger partial charge is 0.305 e. The molecule has 4 heteroatoms. The van der Waals surface area contributed by atoms with Gasteiger partial charge in [0.05, 0.1) is 2.74 Å². The van der Waals surface area contributed by atoms with E-state index in [0.717, 1.165) is 16.8 Å². The van der Waals surface area contributed by atoms with Crippen molar-refractivity contribution in [3.8, 4) is 11.3 Å². The Morgan fingerprint density at radius 2 is 1.67 bits per heavy atom. The Hall–Kier alpha value is -3.17. The molecule has 6 aromatic rings. The number of rotatable bonds is 1. The van der Waals surface area contributed by atoms with E-state index in [1.165, 1.54) is 26.4 Å². The van der Waals surface area contributed by atoms with E-state index in [-0.39, 0.29) is 32.2 Å². The van der Waals surface area contributed by atoms with E-state index in [0.29, 0.717) is 0 Å². The molecule has 3 aromatic heterocycles. The van der Waals surface area contributed by atoms with Gasteiger partial charge in [-0.2, -0.15) is 24.3 Å². The maximum atomic E-state index is 7.22. The van der Waals surface area contributed by atoms with Gasteiger partial charge in [-0.3, -0.25) is 4.98 Å². The second-order valence-electron chi connectivity index (χ2n) is 6.87. The molecule has 0 amide bonds. The van der Waals surface area contributed by atoms with E-state index in [4.69, 9.17) is 2.74 Å². The van der Waals surface area contributed by atoms with E-state index in [1.54, 1.807) is 19.3 Å². The Morgan fingerprint density at radius 1 is 0.848 bits per heavy atom. The van der Waals surface area contributed by atoms with Gasteiger partial charge in [0.15, 0.2) is 0 Å². The average Bonchev–Trinajstić information content (AvgIpc) is 3.28. The Balaban J connectivity index is 0.000000147. The topological polar surface area (TPSA) is 25.8 Å². The van der Waals surface area contributed by atoms with E-state index >= 15 is 0 Å². The molecule has 0 atom stereocenters. The number of aromatic nitrogens is 2. The Morgan fingerprint density at radius 3 is 2.42 bits per heavy atom. The van der Waals surface area contributed by atoms with E-state index in [1.807, 2.05) is 59.9 Å². The van der Waals surface area contributed by atoms with Crippen LogP contribution in [0.15, 0.2) is 116 Å². The summed E-state index contributed by atoms with van der Waals surface area (Å²) in [5.74, 6) is 0. The van der Waals surface area contributed by atoms with Crippen LogP contribution in [0.1, 0.15) is 8.30 Å². The molecule has 2 nitrogen and oxygen atoms in total. The molecule has 3 aromatic carbocycles. The second kappa shape index (κ2) is 12.8. The third kappa shape index (κ3) is 6.90. The van der Waals surface area contributed by atoms with Gasteiger partial charge in [-0.25, -0.2) is 11.3 Å². The predicted octanol–water partition coefficient (Wildman–Crippen LogP) is 7.79. The number of nitrogens with zero attached hydrogens (tertiary/aromatic N) is 2. The van der Waals surface area contributed by atoms with Crippen molar-refractivity contribution in [2.75, 3.05) is 0 Å². The molecule has 6 rings (SSSR count). The number of fused-ring (bicyclic) bond motifs is 3. The summed E-state index contributed by atoms with van der Waals surface area (Å²) in [6.07, 6.45) is 4.74. The summed E-state index contributed by atoms with van der Waals surface area (Å²) in [6, 6.07) is 35.1. The van der Waals surface area contributed by atoms with Crippen LogP contribution in [0.25, 0.3) is 31.4 Å². The molecule has 0 aliphatic carbocycles. The summed E-state index contributed by atoms with van der Waals surface area (Å²) < 4.78 is 17.0. The molecule has 0 bridgehead atoms. The number of thiophene rings is 1. The molecule has 0 saturated carbocycles. The smallest absolute Gasteiger partial charge is 0.0639 e. The van der Waals surface area contributed by atoms with Gasteiger partial charge in [-0.05, 0) is 41.7 Å². The van der Waals surface area contributed by atoms with Crippen LogP contribution in [0.3, 0.4) is 0 Å². The molecular weight excluding hydrogens is 601 g/mol. The first kappa shape index (κ1) is 21.7. The molecule has 0 aliphatic rings. The summed E-state index contributed by atoms with van der Waals surface area (Å²) in [5, 5.41) is 2.70. The van der Waals surface area contributed by atoms with Gasteiger partial charge in [-0.1, -0.05) is 41.1 Å². The summed E-state index contributed by atoms with van der Waals surface area (Å²) in [7, 11) is 0. The maximum absolute atomic E-state index is 7.22. The third-order valence-corrected chi connectivity index (χ3v) is 5.68. The van der Waals surface area contributed by atoms with Gasteiger partial charge in [0, 0.05) is 43.4 Å². The van der Waals surface area contributed by atoms with Crippen molar-refractivity contribution in [3.63, 3.8) is 0 Å². The van der Waals surface area contributed by atoms with Gasteiger partial charge in [0.1, 0.15) is 0 Å². The molecule has 0 spiro atoms. The predicted molar refractivity (Wildman–Crippen MR) is 136 cm³/mol. The first-order valence-electron chi connectivity index (χ1n) is 11.2. The first-order chi connectivity index (χ1) is 16.6. The zero-order valence-corrected chi connectivity index (χ0v) is 21.2. The number of aryl methyl sites for hydroxylation is 1. The zero-order chi connectivity index (χ0) is 23.8. The molecule has 0 saturated heterocycles. The number of benzene rings is 3. The second-order valence-corrected chi connectivity index (χ2v) is 7.96. The molecule has 0 N–H and O–H groups in total. The Bertz CT molecular complexity index is 1380. The van der Waals surface area contributed by atoms with Crippen molar-refractivity contribution < 1.29 is 22.8 Å². The SMILES string of the molecule is [2H]c1cncc(C)c1[2H].[Ir].[c-]1ccc2c(c1)sc1ccccc12.[c-]1ccccc1-c1ccccn1. The normalized spacial score (nSPS) is 10.6. The van der Waals surface area contributed by atoms with Crippen LogP contribution in [0.2, 0.25) is 0 Å². The fourth-order valence-electron chi connectivity index (χ4n) is 3.06. The zero-order valence-electron chi connectivity index (χ0n) is 20.0. The molecule has 3 heterocycles. The molecule has 0 aliphatic heterocycles. The van der Waals surface area contributed by atoms with Crippen molar-refractivity contribution in [2.24, 2.45) is 0 Å². The fraction of sp³-hybridized carbons (Fsp3) is 0.0345. The van der Waals surface area contributed by atoms with E-state index in [9.17, 15) is 0 Å². The van der Waals surface area contributed by atoms with Crippen LogP contribution >= 0.6 is 11.3 Å². The van der Waals surface area contributed by atoms with Crippen molar-refractivity contribution in [1.82, 2.24) is 9.97 Å². The number of hydrogen-bond acceptors (Lipinski definition) is 3. The third-order valence-electron chi connectivity index (χ3n) is 4.55. The van der Waals surface area contributed by atoms with Crippen molar-refractivity contribution >= 4 is 31.5 Å². The standard InChI is InChI=1S/C12H7S.C11H8N.C6H7N.Ir/c1-3-7-11-9(5-1)10-6-2-4-8-12(10)13-11;1-2-6-10(7-3-1)11-8-4-5-9-12-11;1-6-3-2-4-7-5-6;/h1-3,5-8H;1-6,8-9H;2-5H,1H3;/q2*-1;;/i;;2D,3D;. The van der Waals surface area contributed by atoms with Gasteiger partial charge >= 0.3 is 0 Å². The van der Waals surface area contributed by atoms with Crippen LogP contribution in [0.5, 0.6) is 0 Å². The van der Waals surface area contributed by atoms with Gasteiger partial charge in [0.2, 0.25) is 0 Å². The Labute approximate surface area is 215 Å². The number of hydrogen-bond donors (Lipinski definition) is 0. The van der Waals surface area contributed by atoms with Crippen LogP contribution in [0, 0.1) is 19.1 Å². The van der Waals surface area contributed by atoms with Crippen LogP contribution < -0.4 is 0 Å². The van der Waals surface area contributed by atoms with Crippen molar-refractivity contribution in [3.05, 3.63) is 133 Å². The molecular formula is C29H22IrN2S-2. The van der Waals surface area contributed by atoms with E-state index < -0.39 is 0 Å². The van der Waals surface area contributed by atoms with Crippen LogP contribution in [0.4, 0.5) is 0 Å². The minimum absolute atomic E-state index is 0. The molecule has 33 heavy (non-hydrogen) atoms. The van der Waals surface area contributed by atoms with Crippen molar-refractivity contribution in [2.45, 2.75) is 6.92 Å². The first-order valence-corrected chi connectivity index (χ1v) is 11.0. The van der Waals surface area contributed by atoms with Gasteiger partial charge in [-0.15, -0.1) is 41.3 Å². The summed E-state index contributed by atoms with van der Waals surface area (Å²) in [4.78, 5) is 7.95. The van der Waals surface area contributed by atoms with E-state index in [2.05, 4.69) is 58.5 Å². The van der Waals surface area contributed by atoms with Gasteiger partial charge in [0.25, 0.3) is 0 Å². The molecule has 1 radical (unpaired) electrons. The van der Waals surface area contributed by atoms with Gasteiger partial charge < -0.3 is 4.98 Å². The number of pyridine rings is 2. The monoisotopic (exact) mass is 625 g/mol. The Kier molecular flexibility index (Phi) is 8.38. The van der Waals surface area contributed by atoms with Crippen molar-refractivity contribution in [1.29, 1.82) is 0 Å². The van der Waals surface area contributed by atoms with Crippen LogP contribution in [-0.2, 0) is 20.1 Å². The maximum Gasteiger partial charge on any atom is 0.0639 e. The molecule has 0 fully saturated rings.